The molecule has 0 fully saturated rings. The molecular weight excluding hydrogens is 479 g/mol. The number of alkyl halides is 2. The van der Waals surface area contributed by atoms with Crippen LogP contribution in [0, 0.1) is 0 Å². The summed E-state index contributed by atoms with van der Waals surface area (Å²) in [6, 6.07) is 14.7. The minimum Gasteiger partial charge on any atom is -0.435 e. The molecular formula is C20H26F2IN3O2. The van der Waals surface area contributed by atoms with Crippen LogP contribution < -0.4 is 10.1 Å². The van der Waals surface area contributed by atoms with E-state index in [0.29, 0.717) is 19.7 Å². The second-order valence-corrected chi connectivity index (χ2v) is 6.03. The van der Waals surface area contributed by atoms with Crippen molar-refractivity contribution in [1.82, 2.24) is 10.2 Å². The Hall–Kier alpha value is -1.94. The molecule has 2 aromatic carbocycles. The van der Waals surface area contributed by atoms with Gasteiger partial charge in [0.1, 0.15) is 5.75 Å². The number of hydrogen-bond acceptors (Lipinski definition) is 3. The molecule has 0 heterocycles. The van der Waals surface area contributed by atoms with Crippen molar-refractivity contribution in [2.24, 2.45) is 4.99 Å². The maximum Gasteiger partial charge on any atom is 0.387 e. The molecule has 0 aromatic heterocycles. The molecule has 8 heteroatoms. The average molecular weight is 505 g/mol. The predicted octanol–water partition coefficient (Wildman–Crippen LogP) is 4.26. The zero-order valence-corrected chi connectivity index (χ0v) is 18.5. The molecule has 0 spiro atoms. The number of nitrogens with zero attached hydrogens (tertiary/aromatic N) is 2. The van der Waals surface area contributed by atoms with Crippen LogP contribution in [0.4, 0.5) is 8.78 Å². The summed E-state index contributed by atoms with van der Waals surface area (Å²) >= 11 is 0. The van der Waals surface area contributed by atoms with E-state index in [-0.39, 0.29) is 29.7 Å². The SMILES string of the molecule is CN=C(NCc1cccc(COC)c1)N(C)Cc1ccc(OC(F)F)cc1.I. The molecule has 0 saturated carbocycles. The van der Waals surface area contributed by atoms with Crippen LogP contribution in [0.5, 0.6) is 5.75 Å². The van der Waals surface area contributed by atoms with E-state index < -0.39 is 6.61 Å². The molecule has 0 aliphatic rings. The topological polar surface area (TPSA) is 46.1 Å². The standard InChI is InChI=1S/C20H25F2N3O2.HI/c1-23-20(24-12-16-5-4-6-17(11-16)14-26-3)25(2)13-15-7-9-18(10-8-15)27-19(21)22;/h4-11,19H,12-14H2,1-3H3,(H,23,24);1H. The molecule has 0 bridgehead atoms. The number of methoxy groups -OCH3 is 1. The largest absolute Gasteiger partial charge is 0.435 e. The van der Waals surface area contributed by atoms with Gasteiger partial charge in [-0.05, 0) is 28.8 Å². The van der Waals surface area contributed by atoms with Crippen molar-refractivity contribution in [2.45, 2.75) is 26.3 Å². The normalized spacial score (nSPS) is 11.1. The second kappa shape index (κ2) is 12.5. The summed E-state index contributed by atoms with van der Waals surface area (Å²) in [5.74, 6) is 0.884. The Morgan fingerprint density at radius 3 is 2.39 bits per heavy atom. The Morgan fingerprint density at radius 2 is 1.79 bits per heavy atom. The van der Waals surface area contributed by atoms with Crippen molar-refractivity contribution in [3.63, 3.8) is 0 Å². The third kappa shape index (κ3) is 7.97. The fourth-order valence-corrected chi connectivity index (χ4v) is 2.69. The number of rotatable bonds is 8. The predicted molar refractivity (Wildman–Crippen MR) is 117 cm³/mol. The minimum absolute atomic E-state index is 0. The molecule has 28 heavy (non-hydrogen) atoms. The first-order valence-electron chi connectivity index (χ1n) is 8.54. The molecule has 2 aromatic rings. The van der Waals surface area contributed by atoms with Gasteiger partial charge >= 0.3 is 6.61 Å². The quantitative estimate of drug-likeness (QED) is 0.331. The summed E-state index contributed by atoms with van der Waals surface area (Å²) in [5, 5.41) is 3.32. The van der Waals surface area contributed by atoms with E-state index in [2.05, 4.69) is 21.1 Å². The van der Waals surface area contributed by atoms with Gasteiger partial charge < -0.3 is 19.7 Å². The Labute approximate surface area is 181 Å². The van der Waals surface area contributed by atoms with E-state index in [4.69, 9.17) is 4.74 Å². The number of hydrogen-bond donors (Lipinski definition) is 1. The van der Waals surface area contributed by atoms with Crippen LogP contribution in [0.1, 0.15) is 16.7 Å². The van der Waals surface area contributed by atoms with Crippen LogP contribution in [0.15, 0.2) is 53.5 Å². The smallest absolute Gasteiger partial charge is 0.387 e. The van der Waals surface area contributed by atoms with E-state index in [1.54, 1.807) is 26.3 Å². The molecule has 2 rings (SSSR count). The molecule has 0 amide bonds. The van der Waals surface area contributed by atoms with Crippen molar-refractivity contribution >= 4 is 29.9 Å². The second-order valence-electron chi connectivity index (χ2n) is 6.03. The molecule has 0 saturated heterocycles. The van der Waals surface area contributed by atoms with E-state index in [1.165, 1.54) is 12.1 Å². The number of ether oxygens (including phenoxy) is 2. The van der Waals surface area contributed by atoms with Crippen molar-refractivity contribution in [2.75, 3.05) is 21.2 Å². The molecule has 0 aliphatic heterocycles. The van der Waals surface area contributed by atoms with Gasteiger partial charge in [-0.2, -0.15) is 8.78 Å². The molecule has 154 valence electrons. The van der Waals surface area contributed by atoms with E-state index >= 15 is 0 Å². The lowest BCUT2D eigenvalue weighted by molar-refractivity contribution is -0.0498. The van der Waals surface area contributed by atoms with Crippen molar-refractivity contribution in [3.8, 4) is 5.75 Å². The highest BCUT2D eigenvalue weighted by atomic mass is 127. The Kier molecular flexibility index (Phi) is 10.8. The Bertz CT molecular complexity index is 742. The lowest BCUT2D eigenvalue weighted by Crippen LogP contribution is -2.38. The summed E-state index contributed by atoms with van der Waals surface area (Å²) in [7, 11) is 5.31. The maximum absolute atomic E-state index is 12.2. The van der Waals surface area contributed by atoms with Crippen LogP contribution in [0.2, 0.25) is 0 Å². The van der Waals surface area contributed by atoms with Gasteiger partial charge in [0, 0.05) is 34.3 Å². The van der Waals surface area contributed by atoms with Gasteiger partial charge in [0.05, 0.1) is 6.61 Å². The molecule has 1 N–H and O–H groups in total. The summed E-state index contributed by atoms with van der Waals surface area (Å²) in [4.78, 5) is 6.26. The summed E-state index contributed by atoms with van der Waals surface area (Å²) in [5.41, 5.74) is 3.21. The Balaban J connectivity index is 0.00000392. The van der Waals surface area contributed by atoms with Crippen LogP contribution in [0.3, 0.4) is 0 Å². The zero-order valence-electron chi connectivity index (χ0n) is 16.2. The highest BCUT2D eigenvalue weighted by Gasteiger charge is 2.08. The number of guanidine groups is 1. The maximum atomic E-state index is 12.2. The van der Waals surface area contributed by atoms with Crippen LogP contribution >= 0.6 is 24.0 Å². The first-order chi connectivity index (χ1) is 13.0. The van der Waals surface area contributed by atoms with Gasteiger partial charge in [-0.3, -0.25) is 4.99 Å². The fourth-order valence-electron chi connectivity index (χ4n) is 2.69. The fraction of sp³-hybridized carbons (Fsp3) is 0.350. The van der Waals surface area contributed by atoms with Gasteiger partial charge in [0.25, 0.3) is 0 Å². The molecule has 0 radical (unpaired) electrons. The van der Waals surface area contributed by atoms with Crippen molar-refractivity contribution in [1.29, 1.82) is 0 Å². The third-order valence-electron chi connectivity index (χ3n) is 3.89. The van der Waals surface area contributed by atoms with E-state index in [0.717, 1.165) is 22.6 Å². The Morgan fingerprint density at radius 1 is 1.11 bits per heavy atom. The number of aliphatic imine (C=N–C) groups is 1. The first-order valence-corrected chi connectivity index (χ1v) is 8.54. The van der Waals surface area contributed by atoms with Crippen LogP contribution in [-0.2, 0) is 24.4 Å². The lowest BCUT2D eigenvalue weighted by Gasteiger charge is -2.22. The average Bonchev–Trinajstić information content (AvgIpc) is 2.64. The van der Waals surface area contributed by atoms with Gasteiger partial charge in [0.15, 0.2) is 5.96 Å². The minimum atomic E-state index is -2.82. The first kappa shape index (κ1) is 24.1. The van der Waals surface area contributed by atoms with Gasteiger partial charge in [-0.25, -0.2) is 0 Å². The highest BCUT2D eigenvalue weighted by molar-refractivity contribution is 14.0. The number of benzene rings is 2. The van der Waals surface area contributed by atoms with Crippen LogP contribution in [0.25, 0.3) is 0 Å². The van der Waals surface area contributed by atoms with E-state index in [9.17, 15) is 8.78 Å². The van der Waals surface area contributed by atoms with E-state index in [1.807, 2.05) is 30.1 Å². The zero-order chi connectivity index (χ0) is 19.6. The molecule has 0 unspecified atom stereocenters. The van der Waals surface area contributed by atoms with Crippen molar-refractivity contribution < 1.29 is 18.3 Å². The van der Waals surface area contributed by atoms with Crippen LogP contribution in [-0.4, -0.2) is 38.7 Å². The molecule has 0 aliphatic carbocycles. The lowest BCUT2D eigenvalue weighted by atomic mass is 10.1. The van der Waals surface area contributed by atoms with Crippen molar-refractivity contribution in [3.05, 3.63) is 65.2 Å². The number of halogens is 3. The summed E-state index contributed by atoms with van der Waals surface area (Å²) in [6.45, 7) is -1.02. The molecule has 0 atom stereocenters. The monoisotopic (exact) mass is 505 g/mol. The number of nitrogens with one attached hydrogen (secondary N) is 1. The third-order valence-corrected chi connectivity index (χ3v) is 3.89. The summed E-state index contributed by atoms with van der Waals surface area (Å²) < 4.78 is 34.0. The van der Waals surface area contributed by atoms with Gasteiger partial charge in [-0.1, -0.05) is 36.4 Å². The molecule has 5 nitrogen and oxygen atoms in total. The van der Waals surface area contributed by atoms with Gasteiger partial charge in [0.2, 0.25) is 0 Å². The van der Waals surface area contributed by atoms with Gasteiger partial charge in [-0.15, -0.1) is 24.0 Å². The highest BCUT2D eigenvalue weighted by Crippen LogP contribution is 2.16. The summed E-state index contributed by atoms with van der Waals surface area (Å²) in [6.07, 6.45) is 0.